The summed E-state index contributed by atoms with van der Waals surface area (Å²) < 4.78 is 6.58. The van der Waals surface area contributed by atoms with Crippen molar-refractivity contribution in [1.29, 1.82) is 0 Å². The van der Waals surface area contributed by atoms with E-state index in [1.807, 2.05) is 12.1 Å². The monoisotopic (exact) mass is 493 g/mol. The fourth-order valence-electron chi connectivity index (χ4n) is 2.95. The first-order valence-corrected chi connectivity index (χ1v) is 9.55. The van der Waals surface area contributed by atoms with Gasteiger partial charge in [0.15, 0.2) is 12.4 Å². The number of pyridine rings is 1. The van der Waals surface area contributed by atoms with Crippen LogP contribution >= 0.6 is 34.2 Å². The Morgan fingerprint density at radius 3 is 2.96 bits per heavy atom. The molecule has 1 N–H and O–H groups in total. The average Bonchev–Trinajstić information content (AvgIpc) is 2.67. The van der Waals surface area contributed by atoms with E-state index in [2.05, 4.69) is 32.9 Å². The zero-order chi connectivity index (χ0) is 19.0. The van der Waals surface area contributed by atoms with Crippen molar-refractivity contribution in [2.75, 3.05) is 23.4 Å². The van der Waals surface area contributed by atoms with Gasteiger partial charge < -0.3 is 10.1 Å². The minimum Gasteiger partial charge on any atom is -0.480 e. The first-order chi connectivity index (χ1) is 13.0. The van der Waals surface area contributed by atoms with E-state index in [9.17, 15) is 9.59 Å². The van der Waals surface area contributed by atoms with Crippen LogP contribution < -0.4 is 15.0 Å². The van der Waals surface area contributed by atoms with E-state index in [1.165, 1.54) is 4.90 Å². The van der Waals surface area contributed by atoms with E-state index < -0.39 is 0 Å². The van der Waals surface area contributed by atoms with Gasteiger partial charge in [0.1, 0.15) is 12.1 Å². The van der Waals surface area contributed by atoms with Gasteiger partial charge in [-0.2, -0.15) is 0 Å². The summed E-state index contributed by atoms with van der Waals surface area (Å²) in [5.41, 5.74) is 1.86. The molecule has 0 unspecified atom stereocenters. The van der Waals surface area contributed by atoms with Gasteiger partial charge >= 0.3 is 0 Å². The number of hydrogen-bond donors (Lipinski definition) is 1. The van der Waals surface area contributed by atoms with Gasteiger partial charge in [0.25, 0.3) is 5.91 Å². The van der Waals surface area contributed by atoms with Crippen molar-refractivity contribution >= 4 is 68.3 Å². The zero-order valence-corrected chi connectivity index (χ0v) is 16.8. The van der Waals surface area contributed by atoms with Crippen LogP contribution in [0.4, 0.5) is 11.4 Å². The minimum absolute atomic E-state index is 0.0457. The van der Waals surface area contributed by atoms with Gasteiger partial charge in [0, 0.05) is 11.6 Å². The molecule has 0 radical (unpaired) electrons. The normalized spacial score (nSPS) is 13.3. The Labute approximate surface area is 173 Å². The topological polar surface area (TPSA) is 71.5 Å². The Morgan fingerprint density at radius 2 is 2.11 bits per heavy atom. The van der Waals surface area contributed by atoms with Crippen LogP contribution in [0.25, 0.3) is 10.9 Å². The minimum atomic E-state index is -0.313. The highest BCUT2D eigenvalue weighted by Crippen LogP contribution is 2.35. The third kappa shape index (κ3) is 3.44. The molecule has 6 nitrogen and oxygen atoms in total. The quantitative estimate of drug-likeness (QED) is 0.563. The molecule has 0 spiro atoms. The molecule has 2 aromatic carbocycles. The van der Waals surface area contributed by atoms with Crippen molar-refractivity contribution in [1.82, 2.24) is 4.98 Å². The van der Waals surface area contributed by atoms with Crippen LogP contribution in [0.2, 0.25) is 5.02 Å². The van der Waals surface area contributed by atoms with Gasteiger partial charge in [-0.05, 0) is 52.9 Å². The molecule has 0 bridgehead atoms. The molecule has 4 rings (SSSR count). The Bertz CT molecular complexity index is 1070. The number of nitrogens with zero attached hydrogens (tertiary/aromatic N) is 2. The second kappa shape index (κ2) is 7.32. The summed E-state index contributed by atoms with van der Waals surface area (Å²) in [6.45, 7) is -0.263. The van der Waals surface area contributed by atoms with Crippen molar-refractivity contribution in [2.45, 2.75) is 0 Å². The summed E-state index contributed by atoms with van der Waals surface area (Å²) in [4.78, 5) is 30.4. The second-order valence-electron chi connectivity index (χ2n) is 5.90. The summed E-state index contributed by atoms with van der Waals surface area (Å²) in [6, 6.07) is 12.6. The molecule has 0 atom stereocenters. The number of rotatable bonds is 3. The lowest BCUT2D eigenvalue weighted by molar-refractivity contribution is -0.123. The number of hydrogen-bond acceptors (Lipinski definition) is 4. The Balaban J connectivity index is 1.61. The molecule has 3 aromatic rings. The maximum absolute atomic E-state index is 12.8. The van der Waals surface area contributed by atoms with Crippen molar-refractivity contribution in [3.63, 3.8) is 0 Å². The number of fused-ring (bicyclic) bond motifs is 2. The average molecular weight is 494 g/mol. The first-order valence-electron chi connectivity index (χ1n) is 8.09. The number of ether oxygens (including phenoxy) is 1. The molecule has 0 fully saturated rings. The highest BCUT2D eigenvalue weighted by atomic mass is 127. The fourth-order valence-corrected chi connectivity index (χ4v) is 4.12. The lowest BCUT2D eigenvalue weighted by atomic mass is 10.2. The Kier molecular flexibility index (Phi) is 4.88. The van der Waals surface area contributed by atoms with Crippen molar-refractivity contribution in [3.05, 3.63) is 57.3 Å². The molecule has 0 saturated carbocycles. The van der Waals surface area contributed by atoms with Crippen LogP contribution in [-0.4, -0.2) is 29.9 Å². The predicted molar refractivity (Wildman–Crippen MR) is 112 cm³/mol. The summed E-state index contributed by atoms with van der Waals surface area (Å²) in [5, 5.41) is 4.08. The molecular formula is C19H13ClIN3O3. The molecule has 0 aliphatic carbocycles. The third-order valence-electron chi connectivity index (χ3n) is 4.16. The van der Waals surface area contributed by atoms with Gasteiger partial charge in [0.05, 0.1) is 20.0 Å². The highest BCUT2D eigenvalue weighted by Gasteiger charge is 2.27. The SMILES string of the molecule is O=C1CN(C(=O)COc2c(I)cc(Cl)c3cccnc23)c2ccccc2N1. The Hall–Kier alpha value is -2.39. The van der Waals surface area contributed by atoms with Crippen molar-refractivity contribution in [2.24, 2.45) is 0 Å². The van der Waals surface area contributed by atoms with E-state index in [1.54, 1.807) is 36.5 Å². The molecule has 136 valence electrons. The number of amides is 2. The van der Waals surface area contributed by atoms with Crippen molar-refractivity contribution in [3.8, 4) is 5.75 Å². The first kappa shape index (κ1) is 18.0. The maximum Gasteiger partial charge on any atom is 0.265 e. The summed E-state index contributed by atoms with van der Waals surface area (Å²) >= 11 is 8.37. The number of halogens is 2. The molecule has 0 saturated heterocycles. The lowest BCUT2D eigenvalue weighted by Gasteiger charge is -2.29. The van der Waals surface area contributed by atoms with Crippen LogP contribution in [0.3, 0.4) is 0 Å². The summed E-state index contributed by atoms with van der Waals surface area (Å²) in [6.07, 6.45) is 1.65. The van der Waals surface area contributed by atoms with Crippen LogP contribution in [0.15, 0.2) is 48.7 Å². The largest absolute Gasteiger partial charge is 0.480 e. The fraction of sp³-hybridized carbons (Fsp3) is 0.105. The molecule has 1 aliphatic heterocycles. The molecule has 1 aromatic heterocycles. The number of benzene rings is 2. The predicted octanol–water partition coefficient (Wildman–Crippen LogP) is 3.86. The third-order valence-corrected chi connectivity index (χ3v) is 5.28. The molecular weight excluding hydrogens is 481 g/mol. The number of carbonyl (C=O) groups excluding carboxylic acids is 2. The number of aromatic nitrogens is 1. The van der Waals surface area contributed by atoms with E-state index in [0.717, 1.165) is 8.96 Å². The van der Waals surface area contributed by atoms with Gasteiger partial charge in [-0.1, -0.05) is 23.7 Å². The van der Waals surface area contributed by atoms with E-state index in [-0.39, 0.29) is 25.0 Å². The van der Waals surface area contributed by atoms with Crippen LogP contribution in [-0.2, 0) is 9.59 Å². The van der Waals surface area contributed by atoms with Crippen LogP contribution in [0, 0.1) is 3.57 Å². The molecule has 8 heteroatoms. The number of para-hydroxylation sites is 2. The summed E-state index contributed by atoms with van der Waals surface area (Å²) in [7, 11) is 0. The van der Waals surface area contributed by atoms with Gasteiger partial charge in [-0.3, -0.25) is 19.5 Å². The van der Waals surface area contributed by atoms with Crippen LogP contribution in [0.1, 0.15) is 0 Å². The smallest absolute Gasteiger partial charge is 0.265 e. The highest BCUT2D eigenvalue weighted by molar-refractivity contribution is 14.1. The summed E-state index contributed by atoms with van der Waals surface area (Å²) in [5.74, 6) is -0.0546. The zero-order valence-electron chi connectivity index (χ0n) is 13.9. The van der Waals surface area contributed by atoms with E-state index in [0.29, 0.717) is 27.7 Å². The van der Waals surface area contributed by atoms with Gasteiger partial charge in [0.2, 0.25) is 5.91 Å². The van der Waals surface area contributed by atoms with Crippen LogP contribution in [0.5, 0.6) is 5.75 Å². The van der Waals surface area contributed by atoms with Crippen molar-refractivity contribution < 1.29 is 14.3 Å². The van der Waals surface area contributed by atoms with Gasteiger partial charge in [-0.25, -0.2) is 0 Å². The number of anilines is 2. The molecule has 2 heterocycles. The van der Waals surface area contributed by atoms with E-state index in [4.69, 9.17) is 16.3 Å². The molecule has 2 amide bonds. The molecule has 1 aliphatic rings. The Morgan fingerprint density at radius 1 is 1.30 bits per heavy atom. The number of nitrogens with one attached hydrogen (secondary N) is 1. The molecule has 27 heavy (non-hydrogen) atoms. The van der Waals surface area contributed by atoms with E-state index >= 15 is 0 Å². The second-order valence-corrected chi connectivity index (χ2v) is 7.47. The lowest BCUT2D eigenvalue weighted by Crippen LogP contribution is -2.44. The van der Waals surface area contributed by atoms with Gasteiger partial charge in [-0.15, -0.1) is 0 Å². The standard InChI is InChI=1S/C19H13ClIN3O3/c20-12-8-13(21)19(18-11(12)4-3-7-22-18)27-10-17(26)24-9-16(25)23-14-5-1-2-6-15(14)24/h1-8H,9-10H2,(H,23,25). The maximum atomic E-state index is 12.8. The number of carbonyl (C=O) groups is 2.